The third kappa shape index (κ3) is 3.43. The van der Waals surface area contributed by atoms with Gasteiger partial charge in [0.25, 0.3) is 0 Å². The molecule has 5 nitrogen and oxygen atoms in total. The van der Waals surface area contributed by atoms with Crippen LogP contribution in [0.5, 0.6) is 0 Å². The number of carboxylic acids is 1. The standard InChI is InChI=1S/C11H22N2O3/c1-11(16,10(14)15)7-13(2)9-5-3-8(12)4-6-9/h8-9,16H,3-7,12H2,1-2H3,(H,14,15). The van der Waals surface area contributed by atoms with Gasteiger partial charge in [-0.25, -0.2) is 4.79 Å². The van der Waals surface area contributed by atoms with Crippen LogP contribution in [0.4, 0.5) is 0 Å². The lowest BCUT2D eigenvalue weighted by Crippen LogP contribution is -2.49. The molecule has 1 atom stereocenters. The summed E-state index contributed by atoms with van der Waals surface area (Å²) in [6.45, 7) is 1.49. The lowest BCUT2D eigenvalue weighted by molar-refractivity contribution is -0.158. The van der Waals surface area contributed by atoms with Crippen molar-refractivity contribution in [1.82, 2.24) is 4.90 Å². The van der Waals surface area contributed by atoms with E-state index in [-0.39, 0.29) is 12.6 Å². The Morgan fingerprint density at radius 3 is 2.38 bits per heavy atom. The first-order valence-electron chi connectivity index (χ1n) is 5.74. The van der Waals surface area contributed by atoms with Gasteiger partial charge in [-0.15, -0.1) is 0 Å². The summed E-state index contributed by atoms with van der Waals surface area (Å²) in [6, 6.07) is 0.621. The Balaban J connectivity index is 2.46. The summed E-state index contributed by atoms with van der Waals surface area (Å²) >= 11 is 0. The summed E-state index contributed by atoms with van der Waals surface area (Å²) in [6.07, 6.45) is 3.91. The van der Waals surface area contributed by atoms with Crippen LogP contribution < -0.4 is 5.73 Å². The number of hydrogen-bond donors (Lipinski definition) is 3. The van der Waals surface area contributed by atoms with E-state index in [0.717, 1.165) is 25.7 Å². The van der Waals surface area contributed by atoms with E-state index in [1.807, 2.05) is 11.9 Å². The SMILES string of the molecule is CN(CC(C)(O)C(=O)O)C1CCC(N)CC1. The molecule has 0 aromatic carbocycles. The van der Waals surface area contributed by atoms with E-state index in [9.17, 15) is 9.90 Å². The molecule has 0 spiro atoms. The Morgan fingerprint density at radius 2 is 1.94 bits per heavy atom. The van der Waals surface area contributed by atoms with Gasteiger partial charge >= 0.3 is 5.97 Å². The quantitative estimate of drug-likeness (QED) is 0.634. The molecule has 0 radical (unpaired) electrons. The molecule has 0 bridgehead atoms. The molecule has 0 aromatic heterocycles. The molecule has 1 saturated carbocycles. The minimum atomic E-state index is -1.67. The molecule has 4 N–H and O–H groups in total. The largest absolute Gasteiger partial charge is 0.479 e. The molecular formula is C11H22N2O3. The summed E-state index contributed by atoms with van der Waals surface area (Å²) < 4.78 is 0. The van der Waals surface area contributed by atoms with Gasteiger partial charge in [0, 0.05) is 18.6 Å². The molecule has 0 aromatic rings. The molecule has 1 fully saturated rings. The van der Waals surface area contributed by atoms with E-state index < -0.39 is 11.6 Å². The van der Waals surface area contributed by atoms with Crippen molar-refractivity contribution in [3.05, 3.63) is 0 Å². The number of nitrogens with zero attached hydrogens (tertiary/aromatic N) is 1. The van der Waals surface area contributed by atoms with Gasteiger partial charge in [0.2, 0.25) is 0 Å². The van der Waals surface area contributed by atoms with Crippen LogP contribution in [-0.4, -0.2) is 52.4 Å². The lowest BCUT2D eigenvalue weighted by atomic mass is 9.90. The van der Waals surface area contributed by atoms with Gasteiger partial charge in [0.15, 0.2) is 5.60 Å². The fourth-order valence-corrected chi connectivity index (χ4v) is 2.22. The molecular weight excluding hydrogens is 208 g/mol. The van der Waals surface area contributed by atoms with E-state index in [4.69, 9.17) is 10.8 Å². The molecule has 94 valence electrons. The topological polar surface area (TPSA) is 86.8 Å². The van der Waals surface area contributed by atoms with Gasteiger partial charge in [-0.3, -0.25) is 4.90 Å². The van der Waals surface area contributed by atoms with Gasteiger partial charge in [-0.1, -0.05) is 0 Å². The highest BCUT2D eigenvalue weighted by Crippen LogP contribution is 2.22. The van der Waals surface area contributed by atoms with Crippen molar-refractivity contribution >= 4 is 5.97 Å². The maximum atomic E-state index is 10.8. The van der Waals surface area contributed by atoms with Crippen LogP contribution in [-0.2, 0) is 4.79 Å². The van der Waals surface area contributed by atoms with Crippen molar-refractivity contribution in [3.8, 4) is 0 Å². The fourth-order valence-electron chi connectivity index (χ4n) is 2.22. The second kappa shape index (κ2) is 5.12. The van der Waals surface area contributed by atoms with Crippen molar-refractivity contribution < 1.29 is 15.0 Å². The molecule has 0 aliphatic heterocycles. The number of hydrogen-bond acceptors (Lipinski definition) is 4. The Hall–Kier alpha value is -0.650. The van der Waals surface area contributed by atoms with Crippen molar-refractivity contribution in [1.29, 1.82) is 0 Å². The number of rotatable bonds is 4. The maximum Gasteiger partial charge on any atom is 0.336 e. The van der Waals surface area contributed by atoms with Crippen LogP contribution in [0.15, 0.2) is 0 Å². The smallest absolute Gasteiger partial charge is 0.336 e. The van der Waals surface area contributed by atoms with Crippen LogP contribution in [0.25, 0.3) is 0 Å². The van der Waals surface area contributed by atoms with Crippen LogP contribution in [0.3, 0.4) is 0 Å². The van der Waals surface area contributed by atoms with Crippen LogP contribution in [0, 0.1) is 0 Å². The van der Waals surface area contributed by atoms with Crippen molar-refractivity contribution in [2.75, 3.05) is 13.6 Å². The average Bonchev–Trinajstić information content (AvgIpc) is 2.17. The highest BCUT2D eigenvalue weighted by atomic mass is 16.4. The monoisotopic (exact) mass is 230 g/mol. The Labute approximate surface area is 96.2 Å². The van der Waals surface area contributed by atoms with Gasteiger partial charge in [-0.05, 0) is 39.7 Å². The first-order valence-corrected chi connectivity index (χ1v) is 5.74. The summed E-state index contributed by atoms with van der Waals surface area (Å²) in [5.74, 6) is -1.17. The fraction of sp³-hybridized carbons (Fsp3) is 0.909. The van der Waals surface area contributed by atoms with Gasteiger partial charge in [0.05, 0.1) is 0 Å². The molecule has 0 amide bonds. The maximum absolute atomic E-state index is 10.8. The zero-order valence-corrected chi connectivity index (χ0v) is 10.0. The Morgan fingerprint density at radius 1 is 1.44 bits per heavy atom. The summed E-state index contributed by atoms with van der Waals surface area (Å²) in [7, 11) is 1.86. The molecule has 1 aliphatic carbocycles. The first-order chi connectivity index (χ1) is 7.33. The molecule has 1 rings (SSSR count). The zero-order chi connectivity index (χ0) is 12.3. The average molecular weight is 230 g/mol. The van der Waals surface area contributed by atoms with Crippen molar-refractivity contribution in [2.45, 2.75) is 50.3 Å². The van der Waals surface area contributed by atoms with E-state index in [2.05, 4.69) is 0 Å². The van der Waals surface area contributed by atoms with Gasteiger partial charge in [0.1, 0.15) is 0 Å². The summed E-state index contributed by atoms with van der Waals surface area (Å²) in [5.41, 5.74) is 4.14. The van der Waals surface area contributed by atoms with Gasteiger partial charge in [-0.2, -0.15) is 0 Å². The third-order valence-electron chi connectivity index (χ3n) is 3.38. The Kier molecular flexibility index (Phi) is 4.29. The van der Waals surface area contributed by atoms with Crippen molar-refractivity contribution in [3.63, 3.8) is 0 Å². The van der Waals surface area contributed by atoms with Crippen LogP contribution in [0.1, 0.15) is 32.6 Å². The van der Waals surface area contributed by atoms with Crippen molar-refractivity contribution in [2.24, 2.45) is 5.73 Å². The number of nitrogens with two attached hydrogens (primary N) is 1. The normalized spacial score (nSPS) is 30.1. The molecule has 1 unspecified atom stereocenters. The predicted molar refractivity (Wildman–Crippen MR) is 61.1 cm³/mol. The molecule has 0 saturated heterocycles. The molecule has 16 heavy (non-hydrogen) atoms. The third-order valence-corrected chi connectivity index (χ3v) is 3.38. The number of carbonyl (C=O) groups is 1. The first kappa shape index (κ1) is 13.4. The van der Waals surface area contributed by atoms with E-state index in [0.29, 0.717) is 6.04 Å². The molecule has 0 heterocycles. The van der Waals surface area contributed by atoms with E-state index >= 15 is 0 Å². The predicted octanol–water partition coefficient (Wildman–Crippen LogP) is 0.0237. The number of aliphatic hydroxyl groups is 1. The van der Waals surface area contributed by atoms with Crippen LogP contribution >= 0.6 is 0 Å². The second-order valence-electron chi connectivity index (χ2n) is 5.06. The summed E-state index contributed by atoms with van der Waals surface area (Å²) in [4.78, 5) is 12.7. The van der Waals surface area contributed by atoms with Crippen LogP contribution in [0.2, 0.25) is 0 Å². The number of likely N-dealkylation sites (N-methyl/N-ethyl adjacent to an activating group) is 1. The lowest BCUT2D eigenvalue weighted by Gasteiger charge is -2.36. The second-order valence-corrected chi connectivity index (χ2v) is 5.06. The molecule has 5 heteroatoms. The summed E-state index contributed by atoms with van der Waals surface area (Å²) in [5, 5.41) is 18.5. The highest BCUT2D eigenvalue weighted by molar-refractivity contribution is 5.76. The Bertz CT molecular complexity index is 248. The molecule has 1 aliphatic rings. The minimum absolute atomic E-state index is 0.155. The minimum Gasteiger partial charge on any atom is -0.479 e. The highest BCUT2D eigenvalue weighted by Gasteiger charge is 2.34. The van der Waals surface area contributed by atoms with Gasteiger partial charge < -0.3 is 15.9 Å². The van der Waals surface area contributed by atoms with E-state index in [1.165, 1.54) is 6.92 Å². The number of aliphatic carboxylic acids is 1. The zero-order valence-electron chi connectivity index (χ0n) is 10.0. The van der Waals surface area contributed by atoms with E-state index in [1.54, 1.807) is 0 Å². The number of carboxylic acid groups (broad SMARTS) is 1.